The molecule has 0 bridgehead atoms. The van der Waals surface area contributed by atoms with Crippen molar-refractivity contribution in [3.05, 3.63) is 45.2 Å². The number of rotatable bonds is 2. The number of aromatic amines is 1. The Morgan fingerprint density at radius 2 is 2.15 bits per heavy atom. The molecule has 0 atom stereocenters. The van der Waals surface area contributed by atoms with Gasteiger partial charge in [0.05, 0.1) is 11.2 Å². The first-order valence-corrected chi connectivity index (χ1v) is 7.08. The van der Waals surface area contributed by atoms with E-state index in [1.165, 1.54) is 4.57 Å². The first-order valence-electron chi connectivity index (χ1n) is 6.31. The zero-order valence-electron chi connectivity index (χ0n) is 10.4. The Kier molecular flexibility index (Phi) is 2.37. The van der Waals surface area contributed by atoms with E-state index >= 15 is 0 Å². The monoisotopic (exact) mass is 286 g/mol. The zero-order valence-corrected chi connectivity index (χ0v) is 11.2. The molecule has 3 aromatic rings. The minimum Gasteiger partial charge on any atom is -0.304 e. The number of H-pyrrole nitrogens is 1. The maximum Gasteiger partial charge on any atom is 0.329 e. The fourth-order valence-corrected chi connectivity index (χ4v) is 3.05. The van der Waals surface area contributed by atoms with Gasteiger partial charge in [0.1, 0.15) is 10.4 Å². The highest BCUT2D eigenvalue weighted by Crippen LogP contribution is 2.33. The quantitative estimate of drug-likeness (QED) is 0.775. The van der Waals surface area contributed by atoms with E-state index in [0.29, 0.717) is 21.6 Å². The lowest BCUT2D eigenvalue weighted by Crippen LogP contribution is -2.33. The Balaban J connectivity index is 2.03. The van der Waals surface area contributed by atoms with Gasteiger partial charge in [0, 0.05) is 12.2 Å². The number of nitrogens with zero attached hydrogens (tertiary/aromatic N) is 3. The molecule has 0 amide bonds. The molecular formula is C13H10N4O2S. The van der Waals surface area contributed by atoms with Gasteiger partial charge in [-0.3, -0.25) is 14.3 Å². The predicted molar refractivity (Wildman–Crippen MR) is 76.0 cm³/mol. The van der Waals surface area contributed by atoms with Gasteiger partial charge in [-0.15, -0.1) is 0 Å². The number of hydrogen-bond acceptors (Lipinski definition) is 5. The topological polar surface area (TPSA) is 80.6 Å². The molecule has 3 heterocycles. The Labute approximate surface area is 116 Å². The van der Waals surface area contributed by atoms with Crippen LogP contribution in [0, 0.1) is 0 Å². The van der Waals surface area contributed by atoms with Gasteiger partial charge >= 0.3 is 5.69 Å². The van der Waals surface area contributed by atoms with Crippen LogP contribution in [0.5, 0.6) is 0 Å². The van der Waals surface area contributed by atoms with E-state index in [1.807, 2.05) is 6.07 Å². The largest absolute Gasteiger partial charge is 0.329 e. The molecule has 4 rings (SSSR count). The standard InChI is InChI=1S/C13H10N4O2S/c18-12-11-10(15-13(19)17(12)7-4-5-7)9(16-20-11)8-3-1-2-6-14-8/h1-3,6-7H,4-5H2,(H,15,19). The molecule has 1 saturated carbocycles. The molecule has 1 aliphatic carbocycles. The van der Waals surface area contributed by atoms with Gasteiger partial charge < -0.3 is 4.98 Å². The zero-order chi connectivity index (χ0) is 13.7. The molecule has 0 aliphatic heterocycles. The third-order valence-corrected chi connectivity index (χ3v) is 4.21. The molecule has 0 unspecified atom stereocenters. The van der Waals surface area contributed by atoms with Crippen LogP contribution in [0.1, 0.15) is 18.9 Å². The number of aromatic nitrogens is 4. The molecule has 1 aliphatic rings. The summed E-state index contributed by atoms with van der Waals surface area (Å²) in [6.07, 6.45) is 3.44. The van der Waals surface area contributed by atoms with Crippen molar-refractivity contribution >= 4 is 21.7 Å². The van der Waals surface area contributed by atoms with E-state index in [1.54, 1.807) is 18.3 Å². The number of hydrogen-bond donors (Lipinski definition) is 1. The van der Waals surface area contributed by atoms with Crippen LogP contribution in [0.2, 0.25) is 0 Å². The third-order valence-electron chi connectivity index (χ3n) is 3.38. The molecule has 100 valence electrons. The van der Waals surface area contributed by atoms with Crippen LogP contribution in [-0.2, 0) is 0 Å². The van der Waals surface area contributed by atoms with Crippen LogP contribution in [0.25, 0.3) is 21.6 Å². The fourth-order valence-electron chi connectivity index (χ4n) is 2.26. The van der Waals surface area contributed by atoms with Gasteiger partial charge in [0.2, 0.25) is 0 Å². The molecule has 6 nitrogen and oxygen atoms in total. The highest BCUT2D eigenvalue weighted by molar-refractivity contribution is 7.13. The summed E-state index contributed by atoms with van der Waals surface area (Å²) in [5, 5.41) is 0. The minimum atomic E-state index is -0.359. The van der Waals surface area contributed by atoms with Crippen molar-refractivity contribution in [2.24, 2.45) is 0 Å². The van der Waals surface area contributed by atoms with Crippen LogP contribution in [-0.4, -0.2) is 18.9 Å². The van der Waals surface area contributed by atoms with E-state index < -0.39 is 0 Å². The molecule has 1 fully saturated rings. The fraction of sp³-hybridized carbons (Fsp3) is 0.231. The maximum atomic E-state index is 12.4. The molecule has 20 heavy (non-hydrogen) atoms. The van der Waals surface area contributed by atoms with Gasteiger partial charge in [-0.1, -0.05) is 6.07 Å². The number of fused-ring (bicyclic) bond motifs is 1. The van der Waals surface area contributed by atoms with Gasteiger partial charge in [-0.2, -0.15) is 4.37 Å². The van der Waals surface area contributed by atoms with Crippen molar-refractivity contribution in [3.63, 3.8) is 0 Å². The lowest BCUT2D eigenvalue weighted by molar-refractivity contribution is 0.667. The van der Waals surface area contributed by atoms with Gasteiger partial charge in [0.15, 0.2) is 0 Å². The number of pyridine rings is 1. The van der Waals surface area contributed by atoms with Crippen molar-refractivity contribution in [3.8, 4) is 11.4 Å². The van der Waals surface area contributed by atoms with Crippen LogP contribution in [0.15, 0.2) is 34.0 Å². The van der Waals surface area contributed by atoms with E-state index in [9.17, 15) is 9.59 Å². The van der Waals surface area contributed by atoms with Crippen molar-refractivity contribution in [2.75, 3.05) is 0 Å². The summed E-state index contributed by atoms with van der Waals surface area (Å²) in [7, 11) is 0. The van der Waals surface area contributed by atoms with E-state index in [2.05, 4.69) is 14.3 Å². The smallest absolute Gasteiger partial charge is 0.304 e. The molecule has 3 aromatic heterocycles. The SMILES string of the molecule is O=c1[nH]c2c(-c3ccccn3)nsc2c(=O)n1C1CC1. The summed E-state index contributed by atoms with van der Waals surface area (Å²) < 4.78 is 6.08. The maximum absolute atomic E-state index is 12.4. The summed E-state index contributed by atoms with van der Waals surface area (Å²) in [6, 6.07) is 5.51. The van der Waals surface area contributed by atoms with Crippen molar-refractivity contribution in [1.29, 1.82) is 0 Å². The molecule has 1 N–H and O–H groups in total. The van der Waals surface area contributed by atoms with Crippen molar-refractivity contribution in [1.82, 2.24) is 18.9 Å². The van der Waals surface area contributed by atoms with Crippen molar-refractivity contribution < 1.29 is 0 Å². The Hall–Kier alpha value is -2.28. The summed E-state index contributed by atoms with van der Waals surface area (Å²) in [5.41, 5.74) is 1.09. The van der Waals surface area contributed by atoms with Crippen LogP contribution < -0.4 is 11.2 Å². The molecule has 0 spiro atoms. The average Bonchev–Trinajstić information content (AvgIpc) is 3.19. The van der Waals surface area contributed by atoms with Gasteiger partial charge in [-0.25, -0.2) is 4.79 Å². The molecule has 0 radical (unpaired) electrons. The summed E-state index contributed by atoms with van der Waals surface area (Å²) in [4.78, 5) is 31.4. The average molecular weight is 286 g/mol. The normalized spacial score (nSPS) is 14.8. The lowest BCUT2D eigenvalue weighted by Gasteiger charge is -2.01. The van der Waals surface area contributed by atoms with Crippen LogP contribution in [0.3, 0.4) is 0 Å². The predicted octanol–water partition coefficient (Wildman–Crippen LogP) is 1.54. The summed E-state index contributed by atoms with van der Waals surface area (Å²) in [5.74, 6) is 0. The van der Waals surface area contributed by atoms with Crippen molar-refractivity contribution in [2.45, 2.75) is 18.9 Å². The highest BCUT2D eigenvalue weighted by atomic mass is 32.1. The first kappa shape index (κ1) is 11.5. The number of nitrogens with one attached hydrogen (secondary N) is 1. The lowest BCUT2D eigenvalue weighted by atomic mass is 10.2. The van der Waals surface area contributed by atoms with Crippen LogP contribution >= 0.6 is 11.5 Å². The molecule has 7 heteroatoms. The molecule has 0 saturated heterocycles. The Morgan fingerprint density at radius 1 is 1.30 bits per heavy atom. The summed E-state index contributed by atoms with van der Waals surface area (Å²) >= 11 is 1.11. The second-order valence-corrected chi connectivity index (χ2v) is 5.56. The Morgan fingerprint density at radius 3 is 2.85 bits per heavy atom. The van der Waals surface area contributed by atoms with Gasteiger partial charge in [-0.05, 0) is 36.5 Å². The minimum absolute atomic E-state index is 0.0519. The first-order chi connectivity index (χ1) is 9.75. The second kappa shape index (κ2) is 4.11. The summed E-state index contributed by atoms with van der Waals surface area (Å²) in [6.45, 7) is 0. The van der Waals surface area contributed by atoms with Crippen LogP contribution in [0.4, 0.5) is 0 Å². The molecule has 0 aromatic carbocycles. The Bertz CT molecular complexity index is 906. The highest BCUT2D eigenvalue weighted by Gasteiger charge is 2.28. The molecular weight excluding hydrogens is 276 g/mol. The van der Waals surface area contributed by atoms with E-state index in [4.69, 9.17) is 0 Å². The second-order valence-electron chi connectivity index (χ2n) is 4.79. The third kappa shape index (κ3) is 1.63. The van der Waals surface area contributed by atoms with Gasteiger partial charge in [0.25, 0.3) is 5.56 Å². The van der Waals surface area contributed by atoms with E-state index in [0.717, 1.165) is 24.4 Å². The van der Waals surface area contributed by atoms with E-state index in [-0.39, 0.29) is 17.3 Å².